The molecule has 2 aliphatic rings. The van der Waals surface area contributed by atoms with Crippen molar-refractivity contribution in [2.45, 2.75) is 31.3 Å². The van der Waals surface area contributed by atoms with Crippen molar-refractivity contribution in [3.8, 4) is 0 Å². The predicted molar refractivity (Wildman–Crippen MR) is 61.1 cm³/mol. The van der Waals surface area contributed by atoms with Crippen LogP contribution in [0.15, 0.2) is 22.8 Å². The lowest BCUT2D eigenvalue weighted by Crippen LogP contribution is -2.42. The molecule has 4 nitrogen and oxygen atoms in total. The molecule has 0 spiro atoms. The van der Waals surface area contributed by atoms with E-state index in [1.54, 1.807) is 18.4 Å². The highest BCUT2D eigenvalue weighted by Gasteiger charge is 2.47. The van der Waals surface area contributed by atoms with Gasteiger partial charge in [-0.1, -0.05) is 0 Å². The second-order valence-corrected chi connectivity index (χ2v) is 5.17. The molecule has 1 aromatic rings. The van der Waals surface area contributed by atoms with Crippen molar-refractivity contribution in [3.05, 3.63) is 24.2 Å². The summed E-state index contributed by atoms with van der Waals surface area (Å²) in [5.74, 6) is 1.02. The van der Waals surface area contributed by atoms with Crippen molar-refractivity contribution in [3.63, 3.8) is 0 Å². The standard InChI is InChI=1S/C13H17NO3/c15-12(9-3-4-9)14-8-13(16,10-5-6-10)11-2-1-7-17-11/h1-2,7,9-10,16H,3-6,8H2,(H,14,15). The Kier molecular flexibility index (Phi) is 2.47. The third kappa shape index (κ3) is 2.09. The molecule has 0 bridgehead atoms. The summed E-state index contributed by atoms with van der Waals surface area (Å²) in [6.45, 7) is 0.264. The molecule has 0 aliphatic heterocycles. The van der Waals surface area contributed by atoms with Crippen LogP contribution in [0.25, 0.3) is 0 Å². The number of carbonyl (C=O) groups excluding carboxylic acids is 1. The fourth-order valence-corrected chi connectivity index (χ4v) is 2.23. The molecule has 0 saturated heterocycles. The van der Waals surface area contributed by atoms with Crippen molar-refractivity contribution >= 4 is 5.91 Å². The van der Waals surface area contributed by atoms with Gasteiger partial charge in [0, 0.05) is 5.92 Å². The number of hydrogen-bond acceptors (Lipinski definition) is 3. The van der Waals surface area contributed by atoms with Gasteiger partial charge in [-0.25, -0.2) is 0 Å². The molecule has 1 amide bonds. The van der Waals surface area contributed by atoms with Gasteiger partial charge in [0.1, 0.15) is 11.4 Å². The highest BCUT2D eigenvalue weighted by molar-refractivity contribution is 5.80. The number of aliphatic hydroxyl groups is 1. The Morgan fingerprint density at radius 3 is 2.76 bits per heavy atom. The van der Waals surface area contributed by atoms with Gasteiger partial charge >= 0.3 is 0 Å². The lowest BCUT2D eigenvalue weighted by Gasteiger charge is -2.26. The summed E-state index contributed by atoms with van der Waals surface area (Å²) in [6, 6.07) is 3.55. The molecule has 2 fully saturated rings. The van der Waals surface area contributed by atoms with E-state index in [9.17, 15) is 9.90 Å². The first kappa shape index (κ1) is 10.8. The summed E-state index contributed by atoms with van der Waals surface area (Å²) in [5.41, 5.74) is -1.02. The van der Waals surface area contributed by atoms with E-state index in [0.717, 1.165) is 25.7 Å². The average Bonchev–Trinajstić information content (AvgIpc) is 3.23. The highest BCUT2D eigenvalue weighted by atomic mass is 16.4. The van der Waals surface area contributed by atoms with Crippen LogP contribution in [0.2, 0.25) is 0 Å². The maximum atomic E-state index is 11.6. The van der Waals surface area contributed by atoms with E-state index in [-0.39, 0.29) is 24.3 Å². The van der Waals surface area contributed by atoms with E-state index in [4.69, 9.17) is 4.42 Å². The number of carbonyl (C=O) groups is 1. The summed E-state index contributed by atoms with van der Waals surface area (Å²) >= 11 is 0. The Labute approximate surface area is 100 Å². The summed E-state index contributed by atoms with van der Waals surface area (Å²) in [7, 11) is 0. The van der Waals surface area contributed by atoms with Gasteiger partial charge in [-0.15, -0.1) is 0 Å². The van der Waals surface area contributed by atoms with Gasteiger partial charge in [0.25, 0.3) is 0 Å². The SMILES string of the molecule is O=C(NCC(O)(c1ccco1)C1CC1)C1CC1. The van der Waals surface area contributed by atoms with Crippen molar-refractivity contribution in [1.82, 2.24) is 5.32 Å². The molecule has 3 rings (SSSR count). The van der Waals surface area contributed by atoms with E-state index < -0.39 is 5.60 Å². The first-order valence-corrected chi connectivity index (χ1v) is 6.24. The maximum absolute atomic E-state index is 11.6. The Morgan fingerprint density at radius 1 is 1.47 bits per heavy atom. The number of rotatable bonds is 5. The van der Waals surface area contributed by atoms with E-state index in [1.165, 1.54) is 0 Å². The molecule has 2 N–H and O–H groups in total. The van der Waals surface area contributed by atoms with Crippen LogP contribution in [0.1, 0.15) is 31.4 Å². The third-order valence-corrected chi connectivity index (χ3v) is 3.68. The molecule has 1 heterocycles. The van der Waals surface area contributed by atoms with E-state index >= 15 is 0 Å². The molecule has 92 valence electrons. The van der Waals surface area contributed by atoms with Gasteiger partial charge in [0.15, 0.2) is 0 Å². The number of amides is 1. The van der Waals surface area contributed by atoms with E-state index in [1.807, 2.05) is 0 Å². The summed E-state index contributed by atoms with van der Waals surface area (Å²) in [4.78, 5) is 11.6. The third-order valence-electron chi connectivity index (χ3n) is 3.68. The minimum atomic E-state index is -1.02. The molecule has 2 saturated carbocycles. The molecular weight excluding hydrogens is 218 g/mol. The second-order valence-electron chi connectivity index (χ2n) is 5.17. The van der Waals surface area contributed by atoms with Gasteiger partial charge in [0.2, 0.25) is 5.91 Å². The van der Waals surface area contributed by atoms with E-state index in [2.05, 4.69) is 5.32 Å². The van der Waals surface area contributed by atoms with Crippen molar-refractivity contribution in [1.29, 1.82) is 0 Å². The molecule has 0 aromatic carbocycles. The Bertz CT molecular complexity index is 406. The molecule has 2 aliphatic carbocycles. The summed E-state index contributed by atoms with van der Waals surface area (Å²) in [6.07, 6.45) is 5.52. The minimum absolute atomic E-state index is 0.0654. The molecule has 1 atom stereocenters. The molecule has 4 heteroatoms. The lowest BCUT2D eigenvalue weighted by molar-refractivity contribution is -0.124. The number of nitrogens with one attached hydrogen (secondary N) is 1. The smallest absolute Gasteiger partial charge is 0.223 e. The van der Waals surface area contributed by atoms with Crippen molar-refractivity contribution in [2.24, 2.45) is 11.8 Å². The van der Waals surface area contributed by atoms with Gasteiger partial charge in [-0.05, 0) is 43.7 Å². The topological polar surface area (TPSA) is 62.5 Å². The van der Waals surface area contributed by atoms with Crippen molar-refractivity contribution in [2.75, 3.05) is 6.54 Å². The average molecular weight is 235 g/mol. The monoisotopic (exact) mass is 235 g/mol. The zero-order valence-electron chi connectivity index (χ0n) is 9.69. The summed E-state index contributed by atoms with van der Waals surface area (Å²) in [5, 5.41) is 13.5. The van der Waals surface area contributed by atoms with Gasteiger partial charge < -0.3 is 14.8 Å². The highest BCUT2D eigenvalue weighted by Crippen LogP contribution is 2.45. The Hall–Kier alpha value is -1.29. The zero-order chi connectivity index (χ0) is 11.9. The number of furan rings is 1. The quantitative estimate of drug-likeness (QED) is 0.811. The molecule has 17 heavy (non-hydrogen) atoms. The van der Waals surface area contributed by atoms with Crippen LogP contribution in [0.4, 0.5) is 0 Å². The molecule has 0 radical (unpaired) electrons. The fourth-order valence-electron chi connectivity index (χ4n) is 2.23. The van der Waals surface area contributed by atoms with Gasteiger partial charge in [-0.2, -0.15) is 0 Å². The lowest BCUT2D eigenvalue weighted by atomic mass is 9.94. The molecule has 1 unspecified atom stereocenters. The molecular formula is C13H17NO3. The molecule has 1 aromatic heterocycles. The predicted octanol–water partition coefficient (Wildman–Crippen LogP) is 1.40. The normalized spacial score (nSPS) is 23.1. The van der Waals surface area contributed by atoms with Crippen LogP contribution in [0.3, 0.4) is 0 Å². The maximum Gasteiger partial charge on any atom is 0.223 e. The Balaban J connectivity index is 1.69. The van der Waals surface area contributed by atoms with Crippen LogP contribution in [-0.4, -0.2) is 17.6 Å². The minimum Gasteiger partial charge on any atom is -0.466 e. The van der Waals surface area contributed by atoms with Gasteiger partial charge in [0.05, 0.1) is 12.8 Å². The van der Waals surface area contributed by atoms with Crippen LogP contribution in [0, 0.1) is 11.8 Å². The fraction of sp³-hybridized carbons (Fsp3) is 0.615. The zero-order valence-corrected chi connectivity index (χ0v) is 9.69. The van der Waals surface area contributed by atoms with Crippen LogP contribution < -0.4 is 5.32 Å². The summed E-state index contributed by atoms with van der Waals surface area (Å²) < 4.78 is 5.31. The first-order chi connectivity index (χ1) is 8.20. The van der Waals surface area contributed by atoms with Gasteiger partial charge in [-0.3, -0.25) is 4.79 Å². The van der Waals surface area contributed by atoms with E-state index in [0.29, 0.717) is 5.76 Å². The van der Waals surface area contributed by atoms with Crippen LogP contribution >= 0.6 is 0 Å². The largest absolute Gasteiger partial charge is 0.466 e. The second kappa shape index (κ2) is 3.88. The van der Waals surface area contributed by atoms with Crippen LogP contribution in [0.5, 0.6) is 0 Å². The first-order valence-electron chi connectivity index (χ1n) is 6.24. The van der Waals surface area contributed by atoms with Crippen molar-refractivity contribution < 1.29 is 14.3 Å². The van der Waals surface area contributed by atoms with Crippen LogP contribution in [-0.2, 0) is 10.4 Å². The number of hydrogen-bond donors (Lipinski definition) is 2. The Morgan fingerprint density at radius 2 is 2.24 bits per heavy atom.